The van der Waals surface area contributed by atoms with Crippen molar-refractivity contribution in [2.24, 2.45) is 0 Å². The molecular weight excluding hydrogens is 214 g/mol. The fourth-order valence-corrected chi connectivity index (χ4v) is 1.74. The molecule has 0 N–H and O–H groups in total. The van der Waals surface area contributed by atoms with E-state index in [4.69, 9.17) is 4.74 Å². The zero-order chi connectivity index (χ0) is 13.6. The molecule has 0 saturated heterocycles. The molecule has 0 aromatic rings. The van der Waals surface area contributed by atoms with Gasteiger partial charge in [-0.05, 0) is 40.5 Å². The Morgan fingerprint density at radius 1 is 1.41 bits per heavy atom. The van der Waals surface area contributed by atoms with Crippen LogP contribution < -0.4 is 0 Å². The normalized spacial score (nSPS) is 13.6. The molecule has 0 heterocycles. The quantitative estimate of drug-likeness (QED) is 0.389. The van der Waals surface area contributed by atoms with Crippen LogP contribution in [0.2, 0.25) is 0 Å². The summed E-state index contributed by atoms with van der Waals surface area (Å²) in [4.78, 5) is 13.8. The van der Waals surface area contributed by atoms with Crippen molar-refractivity contribution >= 4 is 5.97 Å². The van der Waals surface area contributed by atoms with Gasteiger partial charge >= 0.3 is 5.97 Å². The molecule has 0 aliphatic carbocycles. The van der Waals surface area contributed by atoms with E-state index in [0.717, 1.165) is 19.4 Å². The van der Waals surface area contributed by atoms with E-state index in [1.165, 1.54) is 0 Å². The lowest BCUT2D eigenvalue weighted by molar-refractivity contribution is -0.158. The third-order valence-corrected chi connectivity index (χ3v) is 3.17. The molecule has 1 unspecified atom stereocenters. The van der Waals surface area contributed by atoms with Crippen LogP contribution >= 0.6 is 0 Å². The van der Waals surface area contributed by atoms with Crippen molar-refractivity contribution in [3.63, 3.8) is 0 Å². The van der Waals surface area contributed by atoms with Crippen LogP contribution in [-0.2, 0) is 9.53 Å². The third-order valence-electron chi connectivity index (χ3n) is 3.17. The monoisotopic (exact) mass is 241 g/mol. The van der Waals surface area contributed by atoms with E-state index in [-0.39, 0.29) is 17.7 Å². The Labute approximate surface area is 106 Å². The smallest absolute Gasteiger partial charge is 0.334 e. The van der Waals surface area contributed by atoms with Crippen molar-refractivity contribution in [3.05, 3.63) is 12.2 Å². The maximum atomic E-state index is 11.5. The van der Waals surface area contributed by atoms with E-state index in [1.54, 1.807) is 6.92 Å². The molecule has 0 saturated carbocycles. The van der Waals surface area contributed by atoms with Crippen LogP contribution in [0, 0.1) is 0 Å². The lowest BCUT2D eigenvalue weighted by atomic mass is 9.98. The van der Waals surface area contributed by atoms with Crippen LogP contribution in [0.3, 0.4) is 0 Å². The number of nitrogens with zero attached hydrogens (tertiary/aromatic N) is 1. The van der Waals surface area contributed by atoms with Gasteiger partial charge in [0.2, 0.25) is 0 Å². The third kappa shape index (κ3) is 4.90. The molecule has 1 atom stereocenters. The van der Waals surface area contributed by atoms with Crippen LogP contribution in [0.4, 0.5) is 0 Å². The first-order valence-electron chi connectivity index (χ1n) is 6.39. The highest BCUT2D eigenvalue weighted by molar-refractivity contribution is 5.87. The Balaban J connectivity index is 4.71. The molecule has 0 bridgehead atoms. The van der Waals surface area contributed by atoms with Gasteiger partial charge in [0.25, 0.3) is 0 Å². The van der Waals surface area contributed by atoms with Gasteiger partial charge in [0.1, 0.15) is 0 Å². The van der Waals surface area contributed by atoms with Gasteiger partial charge in [-0.2, -0.15) is 0 Å². The number of carbonyl (C=O) groups is 1. The van der Waals surface area contributed by atoms with Gasteiger partial charge in [-0.1, -0.05) is 20.4 Å². The molecule has 0 aromatic carbocycles. The number of hydrogen-bond donors (Lipinski definition) is 0. The van der Waals surface area contributed by atoms with E-state index in [9.17, 15) is 4.79 Å². The van der Waals surface area contributed by atoms with Crippen LogP contribution in [0.1, 0.15) is 54.4 Å². The van der Waals surface area contributed by atoms with Gasteiger partial charge in [0, 0.05) is 17.7 Å². The van der Waals surface area contributed by atoms with Crippen LogP contribution in [0.15, 0.2) is 12.2 Å². The van der Waals surface area contributed by atoms with Gasteiger partial charge in [0.05, 0.1) is 0 Å². The van der Waals surface area contributed by atoms with Crippen LogP contribution in [0.5, 0.6) is 0 Å². The summed E-state index contributed by atoms with van der Waals surface area (Å²) in [6, 6.07) is 0. The molecule has 17 heavy (non-hydrogen) atoms. The molecule has 0 radical (unpaired) electrons. The Hall–Kier alpha value is -0.830. The second-order valence-electron chi connectivity index (χ2n) is 5.14. The average molecular weight is 241 g/mol. The minimum atomic E-state index is -0.314. The Morgan fingerprint density at radius 2 is 1.94 bits per heavy atom. The lowest BCUT2D eigenvalue weighted by Gasteiger charge is -2.41. The summed E-state index contributed by atoms with van der Waals surface area (Å²) in [5, 5.41) is 0. The zero-order valence-electron chi connectivity index (χ0n) is 12.2. The standard InChI is InChI=1S/C14H27NO2/c1-8-10-15(14(6,7)9-2)12(5)17-13(16)11(3)4/h12H,3,8-10H2,1-2,4-7H3. The largest absolute Gasteiger partial charge is 0.443 e. The highest BCUT2D eigenvalue weighted by Crippen LogP contribution is 2.22. The molecule has 0 aliphatic rings. The Morgan fingerprint density at radius 3 is 2.29 bits per heavy atom. The summed E-state index contributed by atoms with van der Waals surface area (Å²) in [5.74, 6) is -0.314. The van der Waals surface area contributed by atoms with Crippen molar-refractivity contribution in [2.75, 3.05) is 6.54 Å². The summed E-state index contributed by atoms with van der Waals surface area (Å²) in [6.07, 6.45) is 1.84. The molecule has 100 valence electrons. The summed E-state index contributed by atoms with van der Waals surface area (Å²) >= 11 is 0. The van der Waals surface area contributed by atoms with E-state index < -0.39 is 0 Å². The molecule has 0 fully saturated rings. The Kier molecular flexibility index (Phi) is 6.46. The molecular formula is C14H27NO2. The number of rotatable bonds is 7. The summed E-state index contributed by atoms with van der Waals surface area (Å²) in [6.45, 7) is 16.7. The van der Waals surface area contributed by atoms with Crippen molar-refractivity contribution in [1.82, 2.24) is 4.90 Å². The maximum Gasteiger partial charge on any atom is 0.334 e. The van der Waals surface area contributed by atoms with Crippen molar-refractivity contribution in [2.45, 2.75) is 66.2 Å². The molecule has 3 heteroatoms. The minimum absolute atomic E-state index is 0.0325. The Bertz CT molecular complexity index is 271. The molecule has 0 rings (SSSR count). The molecule has 0 aliphatic heterocycles. The van der Waals surface area contributed by atoms with Crippen molar-refractivity contribution in [1.29, 1.82) is 0 Å². The van der Waals surface area contributed by atoms with E-state index in [0.29, 0.717) is 5.57 Å². The fraction of sp³-hybridized carbons (Fsp3) is 0.786. The predicted octanol–water partition coefficient (Wildman–Crippen LogP) is 3.35. The van der Waals surface area contributed by atoms with Gasteiger partial charge in [0.15, 0.2) is 6.23 Å². The van der Waals surface area contributed by atoms with Gasteiger partial charge < -0.3 is 4.74 Å². The molecule has 0 aromatic heterocycles. The van der Waals surface area contributed by atoms with E-state index in [1.807, 2.05) is 6.92 Å². The summed E-state index contributed by atoms with van der Waals surface area (Å²) in [5.41, 5.74) is 0.479. The van der Waals surface area contributed by atoms with Crippen molar-refractivity contribution < 1.29 is 9.53 Å². The van der Waals surface area contributed by atoms with Gasteiger partial charge in [-0.25, -0.2) is 4.79 Å². The first-order valence-corrected chi connectivity index (χ1v) is 6.39. The topological polar surface area (TPSA) is 29.5 Å². The molecule has 0 spiro atoms. The lowest BCUT2D eigenvalue weighted by Crippen LogP contribution is -2.50. The van der Waals surface area contributed by atoms with Gasteiger partial charge in [-0.3, -0.25) is 4.90 Å². The first kappa shape index (κ1) is 16.2. The van der Waals surface area contributed by atoms with Gasteiger partial charge in [-0.15, -0.1) is 0 Å². The van der Waals surface area contributed by atoms with Crippen LogP contribution in [0.25, 0.3) is 0 Å². The maximum absolute atomic E-state index is 11.5. The van der Waals surface area contributed by atoms with E-state index in [2.05, 4.69) is 39.2 Å². The fourth-order valence-electron chi connectivity index (χ4n) is 1.74. The predicted molar refractivity (Wildman–Crippen MR) is 71.7 cm³/mol. The van der Waals surface area contributed by atoms with Crippen molar-refractivity contribution in [3.8, 4) is 0 Å². The SMILES string of the molecule is C=C(C)C(=O)OC(C)N(CCC)C(C)(C)CC. The number of hydrogen-bond acceptors (Lipinski definition) is 3. The number of ether oxygens (including phenoxy) is 1. The number of carbonyl (C=O) groups excluding carboxylic acids is 1. The second-order valence-corrected chi connectivity index (χ2v) is 5.14. The zero-order valence-corrected chi connectivity index (χ0v) is 12.2. The second kappa shape index (κ2) is 6.80. The first-order chi connectivity index (χ1) is 7.76. The molecule has 0 amide bonds. The molecule has 3 nitrogen and oxygen atoms in total. The summed E-state index contributed by atoms with van der Waals surface area (Å²) < 4.78 is 5.40. The summed E-state index contributed by atoms with van der Waals surface area (Å²) in [7, 11) is 0. The minimum Gasteiger partial charge on any atom is -0.443 e. The van der Waals surface area contributed by atoms with Crippen LogP contribution in [-0.4, -0.2) is 29.2 Å². The van der Waals surface area contributed by atoms with E-state index >= 15 is 0 Å². The highest BCUT2D eigenvalue weighted by atomic mass is 16.6. The number of esters is 1. The highest BCUT2D eigenvalue weighted by Gasteiger charge is 2.30. The average Bonchev–Trinajstić information content (AvgIpc) is 2.25.